The Labute approximate surface area is 108 Å². The maximum absolute atomic E-state index is 4.17. The summed E-state index contributed by atoms with van der Waals surface area (Å²) in [5.74, 6) is 0.875. The first kappa shape index (κ1) is 13.5. The van der Waals surface area contributed by atoms with Crippen LogP contribution in [0.4, 0.5) is 0 Å². The van der Waals surface area contributed by atoms with Crippen LogP contribution >= 0.6 is 24.8 Å². The molecule has 2 nitrogen and oxygen atoms in total. The number of rotatable bonds is 1. The number of hydrogen-bond donors (Lipinski definition) is 1. The van der Waals surface area contributed by atoms with Gasteiger partial charge < -0.3 is 5.32 Å². The van der Waals surface area contributed by atoms with Crippen molar-refractivity contribution in [2.75, 3.05) is 6.54 Å². The first-order valence-corrected chi connectivity index (χ1v) is 5.27. The summed E-state index contributed by atoms with van der Waals surface area (Å²) >= 11 is 0. The van der Waals surface area contributed by atoms with E-state index >= 15 is 0 Å². The number of nitrogens with zero attached hydrogens (tertiary/aromatic N) is 1. The first-order chi connectivity index (χ1) is 6.93. The molecule has 0 amide bonds. The van der Waals surface area contributed by atoms with E-state index in [-0.39, 0.29) is 24.8 Å². The molecule has 1 aromatic rings. The minimum atomic E-state index is 0. The van der Waals surface area contributed by atoms with Crippen LogP contribution < -0.4 is 5.32 Å². The van der Waals surface area contributed by atoms with E-state index in [0.29, 0.717) is 6.04 Å². The molecule has 88 valence electrons. The lowest BCUT2D eigenvalue weighted by Gasteiger charge is -2.19. The van der Waals surface area contributed by atoms with Gasteiger partial charge in [0.05, 0.1) is 0 Å². The Balaban J connectivity index is 0.000000640. The average Bonchev–Trinajstić information content (AvgIpc) is 2.62. The molecule has 2 atom stereocenters. The van der Waals surface area contributed by atoms with Gasteiger partial charge >= 0.3 is 0 Å². The van der Waals surface area contributed by atoms with Crippen molar-refractivity contribution in [3.63, 3.8) is 0 Å². The van der Waals surface area contributed by atoms with Crippen molar-refractivity contribution in [1.82, 2.24) is 10.3 Å². The Morgan fingerprint density at radius 1 is 1.31 bits per heavy atom. The maximum atomic E-state index is 4.17. The van der Waals surface area contributed by atoms with Gasteiger partial charge in [-0.2, -0.15) is 0 Å². The van der Waals surface area contributed by atoms with E-state index in [2.05, 4.69) is 22.4 Å². The molecular weight excluding hydrogens is 243 g/mol. The second kappa shape index (κ2) is 5.67. The smallest absolute Gasteiger partial charge is 0.0343 e. The zero-order chi connectivity index (χ0) is 9.38. The van der Waals surface area contributed by atoms with E-state index in [0.717, 1.165) is 5.92 Å². The molecule has 1 aromatic heterocycles. The Bertz CT molecular complexity index is 365. The number of halogens is 2. The van der Waals surface area contributed by atoms with E-state index in [1.54, 1.807) is 0 Å². The normalized spacial score (nSPS) is 26.4. The van der Waals surface area contributed by atoms with Crippen LogP contribution in [0.25, 0.3) is 5.57 Å². The topological polar surface area (TPSA) is 24.9 Å². The summed E-state index contributed by atoms with van der Waals surface area (Å²) in [4.78, 5) is 4.17. The van der Waals surface area contributed by atoms with Crippen LogP contribution in [0, 0.1) is 5.92 Å². The van der Waals surface area contributed by atoms with Crippen LogP contribution in [0.2, 0.25) is 0 Å². The zero-order valence-electron chi connectivity index (χ0n) is 8.93. The van der Waals surface area contributed by atoms with Crippen molar-refractivity contribution in [1.29, 1.82) is 0 Å². The monoisotopic (exact) mass is 258 g/mol. The Morgan fingerprint density at radius 3 is 2.94 bits per heavy atom. The van der Waals surface area contributed by atoms with Gasteiger partial charge in [0, 0.05) is 18.4 Å². The van der Waals surface area contributed by atoms with E-state index in [9.17, 15) is 0 Å². The molecule has 1 N–H and O–H groups in total. The van der Waals surface area contributed by atoms with Crippen LogP contribution in [-0.4, -0.2) is 17.6 Å². The van der Waals surface area contributed by atoms with Crippen molar-refractivity contribution in [3.8, 4) is 0 Å². The highest BCUT2D eigenvalue weighted by Gasteiger charge is 2.30. The molecule has 0 spiro atoms. The number of nitrogens with one attached hydrogen (secondary N) is 1. The highest BCUT2D eigenvalue weighted by atomic mass is 35.5. The summed E-state index contributed by atoms with van der Waals surface area (Å²) in [7, 11) is 0. The standard InChI is InChI=1S/C12H14N2.2ClH/c1-2-10(8-13-5-1)11-4-3-9-6-12(11)14-7-9;;/h1-2,4-5,8-9,12,14H,3,6-7H2;2*1H. The summed E-state index contributed by atoms with van der Waals surface area (Å²) in [6, 6.07) is 4.74. The first-order valence-electron chi connectivity index (χ1n) is 5.27. The molecule has 0 aromatic carbocycles. The molecule has 16 heavy (non-hydrogen) atoms. The molecule has 0 saturated carbocycles. The number of aromatic nitrogens is 1. The second-order valence-electron chi connectivity index (χ2n) is 4.20. The largest absolute Gasteiger partial charge is 0.310 e. The number of pyridine rings is 1. The fraction of sp³-hybridized carbons (Fsp3) is 0.417. The highest BCUT2D eigenvalue weighted by molar-refractivity contribution is 5.85. The van der Waals surface area contributed by atoms with Gasteiger partial charge in [-0.1, -0.05) is 12.1 Å². The summed E-state index contributed by atoms with van der Waals surface area (Å²) in [6.07, 6.45) is 8.72. The van der Waals surface area contributed by atoms with E-state index in [1.165, 1.54) is 30.5 Å². The van der Waals surface area contributed by atoms with E-state index in [1.807, 2.05) is 18.5 Å². The van der Waals surface area contributed by atoms with Crippen LogP contribution in [0.5, 0.6) is 0 Å². The predicted molar refractivity (Wildman–Crippen MR) is 71.2 cm³/mol. The molecule has 2 aliphatic rings. The summed E-state index contributed by atoms with van der Waals surface area (Å²) in [5, 5.41) is 3.57. The zero-order valence-corrected chi connectivity index (χ0v) is 10.6. The molecule has 1 saturated heterocycles. The third-order valence-corrected chi connectivity index (χ3v) is 3.26. The van der Waals surface area contributed by atoms with E-state index in [4.69, 9.17) is 0 Å². The van der Waals surface area contributed by atoms with Crippen LogP contribution in [0.1, 0.15) is 18.4 Å². The van der Waals surface area contributed by atoms with Gasteiger partial charge in [0.15, 0.2) is 0 Å². The van der Waals surface area contributed by atoms with Gasteiger partial charge in [-0.15, -0.1) is 24.8 Å². The van der Waals surface area contributed by atoms with Gasteiger partial charge in [-0.05, 0) is 42.5 Å². The van der Waals surface area contributed by atoms with Crippen molar-refractivity contribution in [2.45, 2.75) is 18.9 Å². The third-order valence-electron chi connectivity index (χ3n) is 3.26. The molecule has 2 unspecified atom stereocenters. The summed E-state index contributed by atoms with van der Waals surface area (Å²) in [5.41, 5.74) is 2.73. The quantitative estimate of drug-likeness (QED) is 0.838. The number of allylic oxidation sites excluding steroid dienone is 1. The number of fused-ring (bicyclic) bond motifs is 2. The van der Waals surface area contributed by atoms with Crippen LogP contribution in [0.3, 0.4) is 0 Å². The van der Waals surface area contributed by atoms with Crippen molar-refractivity contribution in [3.05, 3.63) is 36.2 Å². The third kappa shape index (κ3) is 2.40. The van der Waals surface area contributed by atoms with Crippen molar-refractivity contribution in [2.24, 2.45) is 5.92 Å². The predicted octanol–water partition coefficient (Wildman–Crippen LogP) is 2.69. The van der Waals surface area contributed by atoms with Gasteiger partial charge in [0.25, 0.3) is 0 Å². The lowest BCUT2D eigenvalue weighted by atomic mass is 9.87. The van der Waals surface area contributed by atoms with Gasteiger partial charge in [-0.3, -0.25) is 4.98 Å². The molecule has 2 bridgehead atoms. The van der Waals surface area contributed by atoms with Gasteiger partial charge in [0.1, 0.15) is 0 Å². The Hall–Kier alpha value is -0.570. The molecular formula is C12H16Cl2N2. The molecule has 2 heterocycles. The SMILES string of the molecule is C1=C(c2cccnc2)C2CC(C1)CN2.Cl.Cl. The Kier molecular flexibility index (Phi) is 4.78. The second-order valence-corrected chi connectivity index (χ2v) is 4.20. The van der Waals surface area contributed by atoms with Gasteiger partial charge in [-0.25, -0.2) is 0 Å². The van der Waals surface area contributed by atoms with Crippen LogP contribution in [0.15, 0.2) is 30.6 Å². The molecule has 1 fully saturated rings. The van der Waals surface area contributed by atoms with Crippen LogP contribution in [-0.2, 0) is 0 Å². The molecule has 0 radical (unpaired) electrons. The highest BCUT2D eigenvalue weighted by Crippen LogP contribution is 2.33. The molecule has 3 rings (SSSR count). The minimum absolute atomic E-state index is 0. The van der Waals surface area contributed by atoms with Crippen molar-refractivity contribution < 1.29 is 0 Å². The molecule has 1 aliphatic heterocycles. The summed E-state index contributed by atoms with van der Waals surface area (Å²) in [6.45, 7) is 1.19. The van der Waals surface area contributed by atoms with Crippen molar-refractivity contribution >= 4 is 30.4 Å². The Morgan fingerprint density at radius 2 is 2.19 bits per heavy atom. The number of hydrogen-bond acceptors (Lipinski definition) is 2. The minimum Gasteiger partial charge on any atom is -0.310 e. The fourth-order valence-electron chi connectivity index (χ4n) is 2.51. The lowest BCUT2D eigenvalue weighted by molar-refractivity contribution is 0.574. The lowest BCUT2D eigenvalue weighted by Crippen LogP contribution is -2.22. The average molecular weight is 259 g/mol. The molecule has 1 aliphatic carbocycles. The summed E-state index contributed by atoms with van der Waals surface area (Å²) < 4.78 is 0. The van der Waals surface area contributed by atoms with E-state index < -0.39 is 0 Å². The molecule has 4 heteroatoms. The maximum Gasteiger partial charge on any atom is 0.0343 e. The van der Waals surface area contributed by atoms with Gasteiger partial charge in [0.2, 0.25) is 0 Å². The fourth-order valence-corrected chi connectivity index (χ4v) is 2.51.